The smallest absolute Gasteiger partial charge is 0.320 e. The van der Waals surface area contributed by atoms with Crippen molar-refractivity contribution < 1.29 is 18.4 Å². The quantitative estimate of drug-likeness (QED) is 0.447. The van der Waals surface area contributed by atoms with Crippen molar-refractivity contribution >= 4 is 22.8 Å². The number of aryl methyl sites for hydroxylation is 1. The summed E-state index contributed by atoms with van der Waals surface area (Å²) in [7, 11) is 1.53. The third-order valence-electron chi connectivity index (χ3n) is 4.47. The molecule has 0 saturated carbocycles. The van der Waals surface area contributed by atoms with Crippen LogP contribution in [0.2, 0.25) is 0 Å². The van der Waals surface area contributed by atoms with Crippen LogP contribution in [0.15, 0.2) is 47.1 Å². The van der Waals surface area contributed by atoms with Gasteiger partial charge in [-0.15, -0.1) is 0 Å². The highest BCUT2D eigenvalue weighted by molar-refractivity contribution is 5.95. The first-order chi connectivity index (χ1) is 14.5. The molecule has 0 aliphatic heterocycles. The second-order valence-corrected chi connectivity index (χ2v) is 6.67. The van der Waals surface area contributed by atoms with Crippen molar-refractivity contribution in [3.8, 4) is 11.4 Å². The van der Waals surface area contributed by atoms with E-state index in [4.69, 9.17) is 9.26 Å². The molecule has 4 aromatic rings. The van der Waals surface area contributed by atoms with Crippen molar-refractivity contribution in [2.75, 3.05) is 19.0 Å². The lowest BCUT2D eigenvalue weighted by atomic mass is 10.1. The summed E-state index contributed by atoms with van der Waals surface area (Å²) in [6.07, 6.45) is 1.60. The van der Waals surface area contributed by atoms with Gasteiger partial charge in [-0.1, -0.05) is 17.3 Å². The number of hydrogen-bond donors (Lipinski definition) is 3. The number of ether oxygens (including phenoxy) is 1. The first-order valence-corrected chi connectivity index (χ1v) is 9.13. The first kappa shape index (κ1) is 19.5. The summed E-state index contributed by atoms with van der Waals surface area (Å²) in [4.78, 5) is 16.7. The molecule has 9 nitrogen and oxygen atoms in total. The van der Waals surface area contributed by atoms with E-state index in [1.165, 1.54) is 19.2 Å². The number of rotatable bonds is 6. The molecule has 0 fully saturated rings. The molecule has 4 rings (SSSR count). The van der Waals surface area contributed by atoms with Crippen LogP contribution in [0.3, 0.4) is 0 Å². The van der Waals surface area contributed by atoms with E-state index in [-0.39, 0.29) is 12.4 Å². The highest BCUT2D eigenvalue weighted by Gasteiger charge is 2.17. The van der Waals surface area contributed by atoms with Crippen molar-refractivity contribution in [1.82, 2.24) is 25.7 Å². The van der Waals surface area contributed by atoms with Gasteiger partial charge in [0.2, 0.25) is 0 Å². The number of amides is 2. The second-order valence-electron chi connectivity index (χ2n) is 6.67. The number of aromatic nitrogens is 4. The number of pyridine rings is 1. The van der Waals surface area contributed by atoms with Gasteiger partial charge in [-0.2, -0.15) is 5.10 Å². The minimum atomic E-state index is -0.472. The number of carbonyl (C=O) groups excluding carboxylic acids is 1. The minimum absolute atomic E-state index is 0.229. The monoisotopic (exact) mass is 410 g/mol. The number of nitrogens with zero attached hydrogens (tertiary/aromatic N) is 3. The number of methoxy groups -OCH3 is 1. The largest absolute Gasteiger partial charge is 0.382 e. The molecule has 30 heavy (non-hydrogen) atoms. The zero-order valence-electron chi connectivity index (χ0n) is 16.3. The van der Waals surface area contributed by atoms with Crippen LogP contribution < -0.4 is 10.6 Å². The number of urea groups is 1. The van der Waals surface area contributed by atoms with Gasteiger partial charge in [-0.25, -0.2) is 14.2 Å². The molecule has 10 heteroatoms. The normalized spacial score (nSPS) is 12.1. The predicted octanol–water partition coefficient (Wildman–Crippen LogP) is 3.57. The van der Waals surface area contributed by atoms with Gasteiger partial charge in [-0.3, -0.25) is 10.4 Å². The van der Waals surface area contributed by atoms with Crippen LogP contribution in [-0.2, 0) is 4.74 Å². The molecule has 0 bridgehead atoms. The molecule has 0 spiro atoms. The number of nitrogens with one attached hydrogen (secondary N) is 3. The Kier molecular flexibility index (Phi) is 5.40. The topological polar surface area (TPSA) is 118 Å². The number of halogens is 1. The Labute approximate surface area is 170 Å². The number of fused-ring (bicyclic) bond motifs is 1. The molecular weight excluding hydrogens is 391 g/mol. The summed E-state index contributed by atoms with van der Waals surface area (Å²) in [6, 6.07) is 8.39. The molecule has 2 amide bonds. The average molecular weight is 410 g/mol. The van der Waals surface area contributed by atoms with Crippen LogP contribution in [0, 0.1) is 12.7 Å². The van der Waals surface area contributed by atoms with E-state index in [0.717, 1.165) is 10.9 Å². The molecule has 0 radical (unpaired) electrons. The van der Waals surface area contributed by atoms with Crippen LogP contribution in [0.25, 0.3) is 22.3 Å². The molecule has 0 aliphatic carbocycles. The fourth-order valence-electron chi connectivity index (χ4n) is 3.05. The summed E-state index contributed by atoms with van der Waals surface area (Å²) in [5, 5.41) is 17.4. The van der Waals surface area contributed by atoms with E-state index in [2.05, 4.69) is 31.0 Å². The van der Waals surface area contributed by atoms with Crippen molar-refractivity contribution in [2.24, 2.45) is 0 Å². The highest BCUT2D eigenvalue weighted by atomic mass is 19.1. The molecule has 0 aliphatic rings. The van der Waals surface area contributed by atoms with Gasteiger partial charge in [0, 0.05) is 30.8 Å². The first-order valence-electron chi connectivity index (χ1n) is 9.13. The summed E-state index contributed by atoms with van der Waals surface area (Å²) in [5.74, 6) is 0.661. The molecule has 1 atom stereocenters. The molecule has 1 unspecified atom stereocenters. The maximum absolute atomic E-state index is 13.2. The van der Waals surface area contributed by atoms with Crippen LogP contribution in [0.4, 0.5) is 15.0 Å². The van der Waals surface area contributed by atoms with E-state index in [0.29, 0.717) is 28.5 Å². The third kappa shape index (κ3) is 4.13. The number of benzene rings is 1. The molecule has 3 N–H and O–H groups in total. The van der Waals surface area contributed by atoms with Crippen molar-refractivity contribution in [1.29, 1.82) is 0 Å². The molecule has 154 valence electrons. The maximum Gasteiger partial charge on any atom is 0.320 e. The third-order valence-corrected chi connectivity index (χ3v) is 4.47. The lowest BCUT2D eigenvalue weighted by Crippen LogP contribution is -2.35. The van der Waals surface area contributed by atoms with Gasteiger partial charge >= 0.3 is 6.03 Å². The Hall–Kier alpha value is -3.79. The number of H-pyrrole nitrogens is 1. The van der Waals surface area contributed by atoms with Crippen molar-refractivity contribution in [3.05, 3.63) is 59.7 Å². The summed E-state index contributed by atoms with van der Waals surface area (Å²) in [6.45, 7) is 2.03. The van der Waals surface area contributed by atoms with Gasteiger partial charge in [0.25, 0.3) is 0 Å². The molecular formula is C20H19FN6O3. The van der Waals surface area contributed by atoms with Crippen LogP contribution in [0.1, 0.15) is 17.4 Å². The maximum atomic E-state index is 13.2. The van der Waals surface area contributed by atoms with Crippen molar-refractivity contribution in [3.63, 3.8) is 0 Å². The Bertz CT molecular complexity index is 1170. The Morgan fingerprint density at radius 3 is 2.80 bits per heavy atom. The van der Waals surface area contributed by atoms with Crippen LogP contribution in [-0.4, -0.2) is 40.1 Å². The highest BCUT2D eigenvalue weighted by Crippen LogP contribution is 2.26. The van der Waals surface area contributed by atoms with E-state index in [1.807, 2.05) is 0 Å². The van der Waals surface area contributed by atoms with Gasteiger partial charge in [-0.05, 0) is 24.6 Å². The van der Waals surface area contributed by atoms with Gasteiger partial charge < -0.3 is 14.6 Å². The number of aromatic amines is 1. The second kappa shape index (κ2) is 8.29. The summed E-state index contributed by atoms with van der Waals surface area (Å²) < 4.78 is 23.4. The van der Waals surface area contributed by atoms with Crippen LogP contribution in [0.5, 0.6) is 0 Å². The Balaban J connectivity index is 1.49. The average Bonchev–Trinajstić information content (AvgIpc) is 3.34. The SMILES string of the molecule is COCC(NC(=O)Nc1cc2[nH]nc(-c3cc(C)on3)c2cn1)c1ccc(F)cc1. The Morgan fingerprint density at radius 1 is 1.30 bits per heavy atom. The zero-order valence-corrected chi connectivity index (χ0v) is 16.3. The van der Waals surface area contributed by atoms with Gasteiger partial charge in [0.1, 0.15) is 28.8 Å². The molecule has 3 aromatic heterocycles. The number of anilines is 1. The van der Waals surface area contributed by atoms with Gasteiger partial charge in [0.05, 0.1) is 18.2 Å². The zero-order chi connectivity index (χ0) is 21.1. The molecule has 0 saturated heterocycles. The summed E-state index contributed by atoms with van der Waals surface area (Å²) >= 11 is 0. The molecule has 1 aromatic carbocycles. The Morgan fingerprint density at radius 2 is 2.10 bits per heavy atom. The number of carbonyl (C=O) groups is 1. The lowest BCUT2D eigenvalue weighted by molar-refractivity contribution is 0.168. The number of hydrogen-bond acceptors (Lipinski definition) is 6. The van der Waals surface area contributed by atoms with E-state index >= 15 is 0 Å². The lowest BCUT2D eigenvalue weighted by Gasteiger charge is -2.18. The summed E-state index contributed by atoms with van der Waals surface area (Å²) in [5.41, 5.74) is 2.61. The fraction of sp³-hybridized carbons (Fsp3) is 0.200. The minimum Gasteiger partial charge on any atom is -0.382 e. The van der Waals surface area contributed by atoms with Crippen LogP contribution >= 0.6 is 0 Å². The van der Waals surface area contributed by atoms with Crippen molar-refractivity contribution in [2.45, 2.75) is 13.0 Å². The standard InChI is InChI=1S/C20H19FN6O3/c1-11-7-16(27-30-11)19-14-9-22-18(8-15(14)25-26-19)24-20(28)23-17(10-29-2)12-3-5-13(21)6-4-12/h3-9,17H,10H2,1-2H3,(H,25,26)(H2,22,23,24,28). The molecule has 3 heterocycles. The van der Waals surface area contributed by atoms with E-state index in [9.17, 15) is 9.18 Å². The van der Waals surface area contributed by atoms with E-state index < -0.39 is 12.1 Å². The van der Waals surface area contributed by atoms with Gasteiger partial charge in [0.15, 0.2) is 0 Å². The fourth-order valence-corrected chi connectivity index (χ4v) is 3.05. The van der Waals surface area contributed by atoms with E-state index in [1.54, 1.807) is 37.4 Å². The predicted molar refractivity (Wildman–Crippen MR) is 107 cm³/mol.